The molecule has 0 radical (unpaired) electrons. The van der Waals surface area contributed by atoms with Gasteiger partial charge >= 0.3 is 12.4 Å². The Balaban J connectivity index is 1.55. The number of amides is 2. The predicted octanol–water partition coefficient (Wildman–Crippen LogP) is 5.09. The minimum Gasteiger partial charge on any atom is -0.497 e. The summed E-state index contributed by atoms with van der Waals surface area (Å²) in [4.78, 5) is 13.9. The first-order chi connectivity index (χ1) is 14.2. The molecule has 30 heavy (non-hydrogen) atoms. The molecule has 158 valence electrons. The van der Waals surface area contributed by atoms with Crippen molar-refractivity contribution >= 4 is 16.8 Å². The van der Waals surface area contributed by atoms with E-state index in [0.29, 0.717) is 12.1 Å². The molecule has 0 saturated heterocycles. The van der Waals surface area contributed by atoms with Crippen molar-refractivity contribution in [3.63, 3.8) is 0 Å². The number of fused-ring (bicyclic) bond motifs is 1. The smallest absolute Gasteiger partial charge is 0.497 e. The number of carbonyl (C=O) groups is 1. The number of ether oxygens (including phenoxy) is 2. The number of halogens is 3. The molecule has 0 saturated carbocycles. The standard InChI is InChI=1S/C22H21F3N2O3/c1-27(14-16-3-6-18-12-20(29-2)10-7-17(18)11-16)21(28)26-13-15-4-8-19(9-5-15)30-22(23,24)25/h3-12H,13-14H2,1-2H3,(H,26,28). The highest BCUT2D eigenvalue weighted by Crippen LogP contribution is 2.23. The molecule has 3 rings (SSSR count). The molecule has 0 unspecified atom stereocenters. The number of nitrogens with zero attached hydrogens (tertiary/aromatic N) is 1. The lowest BCUT2D eigenvalue weighted by molar-refractivity contribution is -0.274. The van der Waals surface area contributed by atoms with E-state index in [0.717, 1.165) is 22.1 Å². The van der Waals surface area contributed by atoms with Gasteiger partial charge in [0.25, 0.3) is 0 Å². The van der Waals surface area contributed by atoms with Crippen molar-refractivity contribution in [3.8, 4) is 11.5 Å². The molecule has 8 heteroatoms. The van der Waals surface area contributed by atoms with E-state index in [1.54, 1.807) is 14.2 Å². The molecule has 0 atom stereocenters. The second-order valence-electron chi connectivity index (χ2n) is 6.75. The van der Waals surface area contributed by atoms with Crippen LogP contribution in [0.4, 0.5) is 18.0 Å². The van der Waals surface area contributed by atoms with Gasteiger partial charge in [-0.1, -0.05) is 30.3 Å². The maximum absolute atomic E-state index is 12.3. The second kappa shape index (κ2) is 8.94. The van der Waals surface area contributed by atoms with Crippen LogP contribution >= 0.6 is 0 Å². The average Bonchev–Trinajstić information content (AvgIpc) is 2.71. The van der Waals surface area contributed by atoms with E-state index in [-0.39, 0.29) is 18.3 Å². The zero-order chi connectivity index (χ0) is 21.7. The van der Waals surface area contributed by atoms with Gasteiger partial charge in [0.2, 0.25) is 0 Å². The number of alkyl halides is 3. The summed E-state index contributed by atoms with van der Waals surface area (Å²) >= 11 is 0. The number of hydrogen-bond acceptors (Lipinski definition) is 3. The number of methoxy groups -OCH3 is 1. The molecule has 0 aliphatic heterocycles. The molecular formula is C22H21F3N2O3. The van der Waals surface area contributed by atoms with Crippen LogP contribution in [-0.4, -0.2) is 31.5 Å². The summed E-state index contributed by atoms with van der Waals surface area (Å²) in [5.74, 6) is 0.480. The van der Waals surface area contributed by atoms with E-state index in [9.17, 15) is 18.0 Å². The Morgan fingerprint density at radius 3 is 2.20 bits per heavy atom. The summed E-state index contributed by atoms with van der Waals surface area (Å²) < 4.78 is 45.6. The maximum Gasteiger partial charge on any atom is 0.573 e. The van der Waals surface area contributed by atoms with Gasteiger partial charge in [-0.3, -0.25) is 0 Å². The number of carbonyl (C=O) groups excluding carboxylic acids is 1. The third-order valence-electron chi connectivity index (χ3n) is 4.48. The van der Waals surface area contributed by atoms with Crippen LogP contribution in [0.25, 0.3) is 10.8 Å². The molecule has 5 nitrogen and oxygen atoms in total. The van der Waals surface area contributed by atoms with Gasteiger partial charge in [-0.15, -0.1) is 13.2 Å². The molecule has 0 fully saturated rings. The number of benzene rings is 3. The van der Waals surface area contributed by atoms with Gasteiger partial charge in [0.1, 0.15) is 11.5 Å². The molecule has 1 N–H and O–H groups in total. The summed E-state index contributed by atoms with van der Waals surface area (Å²) in [6.45, 7) is 0.596. The van der Waals surface area contributed by atoms with Crippen LogP contribution in [-0.2, 0) is 13.1 Å². The van der Waals surface area contributed by atoms with Gasteiger partial charge in [0.05, 0.1) is 7.11 Å². The van der Waals surface area contributed by atoms with Crippen molar-refractivity contribution in [2.75, 3.05) is 14.2 Å². The molecule has 3 aromatic rings. The van der Waals surface area contributed by atoms with Gasteiger partial charge in [0.15, 0.2) is 0 Å². The fourth-order valence-electron chi connectivity index (χ4n) is 2.97. The lowest BCUT2D eigenvalue weighted by Gasteiger charge is -2.18. The van der Waals surface area contributed by atoms with Crippen LogP contribution in [0.1, 0.15) is 11.1 Å². The zero-order valence-electron chi connectivity index (χ0n) is 16.5. The molecule has 0 aromatic heterocycles. The van der Waals surface area contributed by atoms with Crippen molar-refractivity contribution in [2.24, 2.45) is 0 Å². The number of urea groups is 1. The second-order valence-corrected chi connectivity index (χ2v) is 6.75. The van der Waals surface area contributed by atoms with E-state index in [2.05, 4.69) is 10.1 Å². The van der Waals surface area contributed by atoms with Gasteiger partial charge in [-0.25, -0.2) is 4.79 Å². The molecule has 2 amide bonds. The first kappa shape index (κ1) is 21.3. The van der Waals surface area contributed by atoms with Crippen LogP contribution in [0.2, 0.25) is 0 Å². The molecule has 3 aromatic carbocycles. The van der Waals surface area contributed by atoms with E-state index >= 15 is 0 Å². The Kier molecular flexibility index (Phi) is 6.34. The van der Waals surface area contributed by atoms with Crippen molar-refractivity contribution in [1.82, 2.24) is 10.2 Å². The van der Waals surface area contributed by atoms with Gasteiger partial charge in [-0.05, 0) is 52.2 Å². The Morgan fingerprint density at radius 2 is 1.53 bits per heavy atom. The van der Waals surface area contributed by atoms with E-state index in [4.69, 9.17) is 4.74 Å². The quantitative estimate of drug-likeness (QED) is 0.607. The summed E-state index contributed by atoms with van der Waals surface area (Å²) in [5, 5.41) is 4.84. The topological polar surface area (TPSA) is 50.8 Å². The molecule has 0 aliphatic rings. The summed E-state index contributed by atoms with van der Waals surface area (Å²) in [5.41, 5.74) is 1.63. The van der Waals surface area contributed by atoms with E-state index in [1.807, 2.05) is 36.4 Å². The molecular weight excluding hydrogens is 397 g/mol. The van der Waals surface area contributed by atoms with Crippen LogP contribution < -0.4 is 14.8 Å². The number of rotatable bonds is 6. The van der Waals surface area contributed by atoms with Crippen LogP contribution in [0, 0.1) is 0 Å². The molecule has 0 spiro atoms. The highest BCUT2D eigenvalue weighted by atomic mass is 19.4. The minimum atomic E-state index is -4.73. The van der Waals surface area contributed by atoms with Gasteiger partial charge < -0.3 is 19.7 Å². The van der Waals surface area contributed by atoms with Crippen molar-refractivity contribution in [3.05, 3.63) is 71.8 Å². The Labute approximate surface area is 172 Å². The Bertz CT molecular complexity index is 1020. The summed E-state index contributed by atoms with van der Waals surface area (Å²) in [7, 11) is 3.29. The minimum absolute atomic E-state index is 0.187. The fraction of sp³-hybridized carbons (Fsp3) is 0.227. The van der Waals surface area contributed by atoms with Gasteiger partial charge in [0, 0.05) is 20.1 Å². The molecule has 0 aliphatic carbocycles. The third-order valence-corrected chi connectivity index (χ3v) is 4.48. The van der Waals surface area contributed by atoms with Crippen LogP contribution in [0.3, 0.4) is 0 Å². The van der Waals surface area contributed by atoms with Crippen molar-refractivity contribution < 1.29 is 27.4 Å². The highest BCUT2D eigenvalue weighted by Gasteiger charge is 2.30. The van der Waals surface area contributed by atoms with E-state index in [1.165, 1.54) is 29.2 Å². The monoisotopic (exact) mass is 418 g/mol. The summed E-state index contributed by atoms with van der Waals surface area (Å²) in [6.07, 6.45) is -4.73. The highest BCUT2D eigenvalue weighted by molar-refractivity contribution is 5.84. The zero-order valence-corrected chi connectivity index (χ0v) is 16.5. The first-order valence-corrected chi connectivity index (χ1v) is 9.14. The van der Waals surface area contributed by atoms with E-state index < -0.39 is 6.36 Å². The summed E-state index contributed by atoms with van der Waals surface area (Å²) in [6, 6.07) is 16.8. The Hall–Kier alpha value is -3.42. The first-order valence-electron chi connectivity index (χ1n) is 9.14. The Morgan fingerprint density at radius 1 is 0.933 bits per heavy atom. The predicted molar refractivity (Wildman–Crippen MR) is 107 cm³/mol. The SMILES string of the molecule is COc1ccc2cc(CN(C)C(=O)NCc3ccc(OC(F)(F)F)cc3)ccc2c1. The van der Waals surface area contributed by atoms with Crippen LogP contribution in [0.5, 0.6) is 11.5 Å². The largest absolute Gasteiger partial charge is 0.573 e. The molecule has 0 heterocycles. The normalized spacial score (nSPS) is 11.2. The number of hydrogen-bond donors (Lipinski definition) is 1. The fourth-order valence-corrected chi connectivity index (χ4v) is 2.97. The number of nitrogens with one attached hydrogen (secondary N) is 1. The lowest BCUT2D eigenvalue weighted by Crippen LogP contribution is -2.36. The molecule has 0 bridgehead atoms. The van der Waals surface area contributed by atoms with Gasteiger partial charge in [-0.2, -0.15) is 0 Å². The lowest BCUT2D eigenvalue weighted by atomic mass is 10.1. The third kappa shape index (κ3) is 5.79. The average molecular weight is 418 g/mol. The van der Waals surface area contributed by atoms with Crippen molar-refractivity contribution in [1.29, 1.82) is 0 Å². The maximum atomic E-state index is 12.3. The van der Waals surface area contributed by atoms with Crippen molar-refractivity contribution in [2.45, 2.75) is 19.5 Å². The van der Waals surface area contributed by atoms with Crippen LogP contribution in [0.15, 0.2) is 60.7 Å².